The van der Waals surface area contributed by atoms with Gasteiger partial charge in [-0.3, -0.25) is 9.59 Å². The monoisotopic (exact) mass is 390 g/mol. The molecule has 126 valence electrons. The molecule has 1 aromatic carbocycles. The van der Waals surface area contributed by atoms with Gasteiger partial charge in [0.1, 0.15) is 0 Å². The largest absolute Gasteiger partial charge is 0.444 e. The Morgan fingerprint density at radius 3 is 2.54 bits per heavy atom. The zero-order valence-corrected chi connectivity index (χ0v) is 15.0. The Hall–Kier alpha value is -2.08. The normalized spacial score (nSPS) is 14.6. The Kier molecular flexibility index (Phi) is 5.04. The molecule has 24 heavy (non-hydrogen) atoms. The third kappa shape index (κ3) is 3.53. The fraction of sp³-hybridized carbons (Fsp3) is 0.333. The topological polar surface area (TPSA) is 62.6 Å². The van der Waals surface area contributed by atoms with Crippen LogP contribution in [0.15, 0.2) is 45.5 Å². The van der Waals surface area contributed by atoms with Gasteiger partial charge in [0.2, 0.25) is 0 Å². The second-order valence-electron chi connectivity index (χ2n) is 5.94. The summed E-state index contributed by atoms with van der Waals surface area (Å²) in [6, 6.07) is 10.6. The van der Waals surface area contributed by atoms with Gasteiger partial charge in [0, 0.05) is 13.1 Å². The van der Waals surface area contributed by atoms with Crippen LogP contribution < -0.4 is 10.2 Å². The standard InChI is InChI=1S/C18H19BrN2O3/c1-21(18(23)15-10-11-16(19)24-15)14-9-5-4-8-13(14)17(22)20-12-6-2-3-7-12/h4-5,8-12H,2-3,6-7H2,1H3,(H,20,22). The molecule has 1 N–H and O–H groups in total. The molecule has 1 aliphatic rings. The number of benzene rings is 1. The number of halogens is 1. The average Bonchev–Trinajstić information content (AvgIpc) is 3.25. The number of anilines is 1. The minimum absolute atomic E-state index is 0.141. The molecule has 0 spiro atoms. The first-order valence-corrected chi connectivity index (χ1v) is 8.79. The quantitative estimate of drug-likeness (QED) is 0.857. The van der Waals surface area contributed by atoms with Crippen molar-refractivity contribution in [3.63, 3.8) is 0 Å². The number of nitrogens with zero attached hydrogens (tertiary/aromatic N) is 1. The molecule has 6 heteroatoms. The summed E-state index contributed by atoms with van der Waals surface area (Å²) >= 11 is 3.19. The van der Waals surface area contributed by atoms with Crippen LogP contribution in [0.25, 0.3) is 0 Å². The summed E-state index contributed by atoms with van der Waals surface area (Å²) in [6.45, 7) is 0. The smallest absolute Gasteiger partial charge is 0.293 e. The van der Waals surface area contributed by atoms with Crippen molar-refractivity contribution in [2.45, 2.75) is 31.7 Å². The van der Waals surface area contributed by atoms with Crippen LogP contribution in [0.2, 0.25) is 0 Å². The molecule has 2 aromatic rings. The van der Waals surface area contributed by atoms with Gasteiger partial charge in [-0.2, -0.15) is 0 Å². The number of rotatable bonds is 4. The number of nitrogens with one attached hydrogen (secondary N) is 1. The van der Waals surface area contributed by atoms with Crippen LogP contribution in [0, 0.1) is 0 Å². The van der Waals surface area contributed by atoms with Crippen molar-refractivity contribution in [1.82, 2.24) is 5.32 Å². The molecule has 2 amide bonds. The highest BCUT2D eigenvalue weighted by Gasteiger charge is 2.24. The van der Waals surface area contributed by atoms with Crippen LogP contribution in [0.4, 0.5) is 5.69 Å². The molecule has 1 aliphatic carbocycles. The lowest BCUT2D eigenvalue weighted by molar-refractivity contribution is 0.0938. The predicted molar refractivity (Wildman–Crippen MR) is 95.3 cm³/mol. The van der Waals surface area contributed by atoms with E-state index >= 15 is 0 Å². The fourth-order valence-corrected chi connectivity index (χ4v) is 3.30. The fourth-order valence-electron chi connectivity index (χ4n) is 3.00. The van der Waals surface area contributed by atoms with Gasteiger partial charge in [-0.05, 0) is 53.0 Å². The maximum atomic E-state index is 12.6. The first kappa shape index (κ1) is 16.8. The lowest BCUT2D eigenvalue weighted by Crippen LogP contribution is -2.35. The number of hydrogen-bond acceptors (Lipinski definition) is 3. The molecule has 0 unspecified atom stereocenters. The number of furan rings is 1. The maximum Gasteiger partial charge on any atom is 0.293 e. The summed E-state index contributed by atoms with van der Waals surface area (Å²) in [5.41, 5.74) is 1.05. The van der Waals surface area contributed by atoms with Crippen molar-refractivity contribution >= 4 is 33.4 Å². The summed E-state index contributed by atoms with van der Waals surface area (Å²) in [6.07, 6.45) is 4.34. The molecule has 1 saturated carbocycles. The van der Waals surface area contributed by atoms with E-state index in [1.54, 1.807) is 37.4 Å². The minimum atomic E-state index is -0.304. The molecule has 0 radical (unpaired) electrons. The van der Waals surface area contributed by atoms with E-state index in [-0.39, 0.29) is 23.6 Å². The van der Waals surface area contributed by atoms with E-state index in [4.69, 9.17) is 4.42 Å². The van der Waals surface area contributed by atoms with Crippen molar-refractivity contribution in [3.05, 3.63) is 52.4 Å². The Labute approximate surface area is 149 Å². The molecule has 1 fully saturated rings. The second kappa shape index (κ2) is 7.21. The number of amides is 2. The van der Waals surface area contributed by atoms with E-state index in [0.717, 1.165) is 25.7 Å². The summed E-state index contributed by atoms with van der Waals surface area (Å²) < 4.78 is 5.81. The molecule has 5 nitrogen and oxygen atoms in total. The Morgan fingerprint density at radius 1 is 1.17 bits per heavy atom. The van der Waals surface area contributed by atoms with E-state index in [0.29, 0.717) is 15.9 Å². The Morgan fingerprint density at radius 2 is 1.88 bits per heavy atom. The third-order valence-electron chi connectivity index (χ3n) is 4.29. The lowest BCUT2D eigenvalue weighted by atomic mass is 10.1. The molecule has 0 bridgehead atoms. The molecule has 0 saturated heterocycles. The van der Waals surface area contributed by atoms with Crippen LogP contribution in [-0.2, 0) is 0 Å². The van der Waals surface area contributed by atoms with Crippen molar-refractivity contribution in [1.29, 1.82) is 0 Å². The van der Waals surface area contributed by atoms with E-state index in [9.17, 15) is 9.59 Å². The van der Waals surface area contributed by atoms with Crippen LogP contribution in [0.5, 0.6) is 0 Å². The lowest BCUT2D eigenvalue weighted by Gasteiger charge is -2.20. The molecular weight excluding hydrogens is 372 g/mol. The van der Waals surface area contributed by atoms with Gasteiger partial charge in [0.05, 0.1) is 11.3 Å². The van der Waals surface area contributed by atoms with Gasteiger partial charge in [-0.1, -0.05) is 25.0 Å². The maximum absolute atomic E-state index is 12.6. The molecule has 3 rings (SSSR count). The number of hydrogen-bond donors (Lipinski definition) is 1. The zero-order valence-electron chi connectivity index (χ0n) is 13.4. The summed E-state index contributed by atoms with van der Waals surface area (Å²) in [5.74, 6) is -0.227. The average molecular weight is 391 g/mol. The van der Waals surface area contributed by atoms with Crippen LogP contribution in [-0.4, -0.2) is 24.9 Å². The first-order valence-electron chi connectivity index (χ1n) is 7.99. The van der Waals surface area contributed by atoms with Gasteiger partial charge in [-0.25, -0.2) is 0 Å². The highest BCUT2D eigenvalue weighted by atomic mass is 79.9. The van der Waals surface area contributed by atoms with Gasteiger partial charge < -0.3 is 14.6 Å². The summed E-state index contributed by atoms with van der Waals surface area (Å²) in [4.78, 5) is 26.6. The summed E-state index contributed by atoms with van der Waals surface area (Å²) in [7, 11) is 1.64. The minimum Gasteiger partial charge on any atom is -0.444 e. The van der Waals surface area contributed by atoms with E-state index < -0.39 is 0 Å². The van der Waals surface area contributed by atoms with Crippen molar-refractivity contribution in [3.8, 4) is 0 Å². The van der Waals surface area contributed by atoms with Gasteiger partial charge in [-0.15, -0.1) is 0 Å². The number of carbonyl (C=O) groups excluding carboxylic acids is 2. The van der Waals surface area contributed by atoms with E-state index in [1.807, 2.05) is 6.07 Å². The molecule has 0 atom stereocenters. The molecular formula is C18H19BrN2O3. The van der Waals surface area contributed by atoms with E-state index in [2.05, 4.69) is 21.2 Å². The Bertz CT molecular complexity index is 750. The Balaban J connectivity index is 1.82. The van der Waals surface area contributed by atoms with Crippen LogP contribution >= 0.6 is 15.9 Å². The predicted octanol–water partition coefficient (Wildman–Crippen LogP) is 3.99. The SMILES string of the molecule is CN(C(=O)c1ccc(Br)o1)c1ccccc1C(=O)NC1CCCC1. The van der Waals surface area contributed by atoms with Gasteiger partial charge in [0.15, 0.2) is 10.4 Å². The van der Waals surface area contributed by atoms with Gasteiger partial charge in [0.25, 0.3) is 11.8 Å². The van der Waals surface area contributed by atoms with Crippen molar-refractivity contribution < 1.29 is 14.0 Å². The molecule has 0 aliphatic heterocycles. The first-order chi connectivity index (χ1) is 11.6. The van der Waals surface area contributed by atoms with Gasteiger partial charge >= 0.3 is 0 Å². The number of para-hydroxylation sites is 1. The third-order valence-corrected chi connectivity index (χ3v) is 4.72. The van der Waals surface area contributed by atoms with E-state index in [1.165, 1.54) is 4.90 Å². The summed E-state index contributed by atoms with van der Waals surface area (Å²) in [5, 5.41) is 3.07. The number of carbonyl (C=O) groups is 2. The van der Waals surface area contributed by atoms with Crippen LogP contribution in [0.1, 0.15) is 46.6 Å². The highest BCUT2D eigenvalue weighted by molar-refractivity contribution is 9.10. The highest BCUT2D eigenvalue weighted by Crippen LogP contribution is 2.24. The second-order valence-corrected chi connectivity index (χ2v) is 6.72. The van der Waals surface area contributed by atoms with Crippen molar-refractivity contribution in [2.24, 2.45) is 0 Å². The van der Waals surface area contributed by atoms with Crippen molar-refractivity contribution in [2.75, 3.05) is 11.9 Å². The molecule has 1 aromatic heterocycles. The van der Waals surface area contributed by atoms with Crippen LogP contribution in [0.3, 0.4) is 0 Å². The zero-order chi connectivity index (χ0) is 17.1. The molecule has 1 heterocycles.